The zero-order chi connectivity index (χ0) is 18.5. The van der Waals surface area contributed by atoms with Crippen molar-refractivity contribution in [3.8, 4) is 0 Å². The molecule has 0 amide bonds. The molecule has 0 spiro atoms. The number of hydrogen-bond acceptors (Lipinski definition) is 5. The van der Waals surface area contributed by atoms with Crippen LogP contribution in [0.4, 0.5) is 0 Å². The van der Waals surface area contributed by atoms with Crippen molar-refractivity contribution in [1.29, 1.82) is 0 Å². The smallest absolute Gasteiger partial charge is 0.309 e. The largest absolute Gasteiger partial charge is 0.328 e. The van der Waals surface area contributed by atoms with Crippen molar-refractivity contribution < 1.29 is 8.42 Å². The second kappa shape index (κ2) is 6.08. The van der Waals surface area contributed by atoms with E-state index in [1.807, 2.05) is 10.7 Å². The average Bonchev–Trinajstić information content (AvgIpc) is 3.15. The molecule has 0 fully saturated rings. The highest BCUT2D eigenvalue weighted by Crippen LogP contribution is 2.18. The van der Waals surface area contributed by atoms with Gasteiger partial charge in [0, 0.05) is 27.2 Å². The Morgan fingerprint density at radius 3 is 2.73 bits per heavy atom. The molecule has 138 valence electrons. The summed E-state index contributed by atoms with van der Waals surface area (Å²) in [6.45, 7) is 2.49. The first-order valence-corrected chi connectivity index (χ1v) is 9.76. The molecular formula is C16H20N6O3S. The average molecular weight is 376 g/mol. The summed E-state index contributed by atoms with van der Waals surface area (Å²) < 4.78 is 32.7. The van der Waals surface area contributed by atoms with Crippen molar-refractivity contribution in [3.05, 3.63) is 46.1 Å². The van der Waals surface area contributed by atoms with Gasteiger partial charge in [-0.2, -0.15) is 5.10 Å². The summed E-state index contributed by atoms with van der Waals surface area (Å²) in [5.41, 5.74) is 2.79. The lowest BCUT2D eigenvalue weighted by Gasteiger charge is -2.13. The molecule has 3 heterocycles. The molecule has 4 rings (SSSR count). The summed E-state index contributed by atoms with van der Waals surface area (Å²) in [5.74, 6) is 0. The van der Waals surface area contributed by atoms with Gasteiger partial charge < -0.3 is 5.32 Å². The van der Waals surface area contributed by atoms with Gasteiger partial charge in [0.05, 0.1) is 40.4 Å². The van der Waals surface area contributed by atoms with Crippen LogP contribution in [0.3, 0.4) is 0 Å². The number of fused-ring (bicyclic) bond motifs is 2. The van der Waals surface area contributed by atoms with Crippen molar-refractivity contribution in [2.45, 2.75) is 24.5 Å². The molecule has 26 heavy (non-hydrogen) atoms. The van der Waals surface area contributed by atoms with Crippen molar-refractivity contribution in [2.24, 2.45) is 14.1 Å². The van der Waals surface area contributed by atoms with Crippen LogP contribution < -0.4 is 15.7 Å². The molecule has 0 saturated carbocycles. The molecule has 9 nitrogen and oxygen atoms in total. The summed E-state index contributed by atoms with van der Waals surface area (Å²) in [7, 11) is -0.429. The predicted octanol–water partition coefficient (Wildman–Crippen LogP) is -0.345. The van der Waals surface area contributed by atoms with E-state index in [0.29, 0.717) is 16.7 Å². The third-order valence-corrected chi connectivity index (χ3v) is 6.12. The van der Waals surface area contributed by atoms with Gasteiger partial charge in [0.25, 0.3) is 0 Å². The third-order valence-electron chi connectivity index (χ3n) is 4.72. The van der Waals surface area contributed by atoms with E-state index < -0.39 is 10.0 Å². The van der Waals surface area contributed by atoms with Crippen LogP contribution in [0.25, 0.3) is 11.0 Å². The van der Waals surface area contributed by atoms with Crippen LogP contribution in [-0.4, -0.2) is 33.9 Å². The number of nitrogens with zero attached hydrogens (tertiary/aromatic N) is 4. The standard InChI is InChI=1S/C16H20N6O3S/c1-20-14-4-3-13(8-15(14)21(2)16(20)23)26(24,25)18-9-11-7-12-10-17-5-6-22(12)19-11/h3-4,7-8,17-18H,5-6,9-10H2,1-2H3. The molecular weight excluding hydrogens is 356 g/mol. The topological polar surface area (TPSA) is 103 Å². The molecule has 1 aromatic carbocycles. The van der Waals surface area contributed by atoms with Gasteiger partial charge in [0.1, 0.15) is 0 Å². The number of rotatable bonds is 4. The zero-order valence-electron chi connectivity index (χ0n) is 14.6. The highest BCUT2D eigenvalue weighted by molar-refractivity contribution is 7.89. The maximum absolute atomic E-state index is 12.6. The molecule has 0 saturated heterocycles. The Morgan fingerprint density at radius 2 is 1.96 bits per heavy atom. The van der Waals surface area contributed by atoms with E-state index in [1.54, 1.807) is 20.2 Å². The van der Waals surface area contributed by atoms with Crippen LogP contribution in [-0.2, 0) is 43.8 Å². The van der Waals surface area contributed by atoms with Crippen LogP contribution in [0, 0.1) is 0 Å². The van der Waals surface area contributed by atoms with Gasteiger partial charge in [-0.3, -0.25) is 13.8 Å². The molecule has 3 aromatic rings. The van der Waals surface area contributed by atoms with Gasteiger partial charge in [-0.1, -0.05) is 0 Å². The van der Waals surface area contributed by atoms with Gasteiger partial charge in [-0.15, -0.1) is 0 Å². The Kier molecular flexibility index (Phi) is 3.98. The van der Waals surface area contributed by atoms with E-state index >= 15 is 0 Å². The van der Waals surface area contributed by atoms with Crippen LogP contribution in [0.15, 0.2) is 34.0 Å². The van der Waals surface area contributed by atoms with Crippen molar-refractivity contribution in [2.75, 3.05) is 6.54 Å². The first-order chi connectivity index (χ1) is 12.4. The monoisotopic (exact) mass is 376 g/mol. The number of hydrogen-bond donors (Lipinski definition) is 2. The Bertz CT molecular complexity index is 1130. The van der Waals surface area contributed by atoms with Crippen molar-refractivity contribution in [3.63, 3.8) is 0 Å². The minimum Gasteiger partial charge on any atom is -0.309 e. The molecule has 0 unspecified atom stereocenters. The summed E-state index contributed by atoms with van der Waals surface area (Å²) in [4.78, 5) is 12.1. The fraction of sp³-hybridized carbons (Fsp3) is 0.375. The fourth-order valence-electron chi connectivity index (χ4n) is 3.24. The maximum atomic E-state index is 12.6. The molecule has 10 heteroatoms. The van der Waals surface area contributed by atoms with E-state index in [9.17, 15) is 13.2 Å². The highest BCUT2D eigenvalue weighted by atomic mass is 32.2. The van der Waals surface area contributed by atoms with E-state index in [4.69, 9.17) is 0 Å². The van der Waals surface area contributed by atoms with Crippen LogP contribution in [0.2, 0.25) is 0 Å². The highest BCUT2D eigenvalue weighted by Gasteiger charge is 2.18. The second-order valence-electron chi connectivity index (χ2n) is 6.40. The lowest BCUT2D eigenvalue weighted by Crippen LogP contribution is -2.28. The van der Waals surface area contributed by atoms with Gasteiger partial charge >= 0.3 is 5.69 Å². The lowest BCUT2D eigenvalue weighted by atomic mass is 10.3. The second-order valence-corrected chi connectivity index (χ2v) is 8.17. The van der Waals surface area contributed by atoms with Crippen molar-refractivity contribution >= 4 is 21.1 Å². The van der Waals surface area contributed by atoms with E-state index in [2.05, 4.69) is 15.1 Å². The van der Waals surface area contributed by atoms with Crippen LogP contribution in [0.1, 0.15) is 11.4 Å². The molecule has 0 aliphatic carbocycles. The number of aromatic nitrogens is 4. The quantitative estimate of drug-likeness (QED) is 0.648. The minimum atomic E-state index is -3.71. The molecule has 0 radical (unpaired) electrons. The normalized spacial score (nSPS) is 14.7. The summed E-state index contributed by atoms with van der Waals surface area (Å²) in [6, 6.07) is 6.57. The third kappa shape index (κ3) is 2.75. The fourth-order valence-corrected chi connectivity index (χ4v) is 4.26. The molecule has 2 N–H and O–H groups in total. The van der Waals surface area contributed by atoms with E-state index in [0.717, 1.165) is 25.3 Å². The molecule has 2 aromatic heterocycles. The number of nitrogens with one attached hydrogen (secondary N) is 2. The van der Waals surface area contributed by atoms with Crippen molar-refractivity contribution in [1.82, 2.24) is 29.0 Å². The lowest BCUT2D eigenvalue weighted by molar-refractivity contribution is 0.473. The summed E-state index contributed by atoms with van der Waals surface area (Å²) >= 11 is 0. The van der Waals surface area contributed by atoms with E-state index in [1.165, 1.54) is 21.3 Å². The van der Waals surface area contributed by atoms with Gasteiger partial charge in [-0.25, -0.2) is 17.9 Å². The zero-order valence-corrected chi connectivity index (χ0v) is 15.4. The minimum absolute atomic E-state index is 0.119. The summed E-state index contributed by atoms with van der Waals surface area (Å²) in [6.07, 6.45) is 0. The molecule has 0 atom stereocenters. The first kappa shape index (κ1) is 17.0. The van der Waals surface area contributed by atoms with Gasteiger partial charge in [0.15, 0.2) is 0 Å². The molecule has 1 aliphatic rings. The Hall–Kier alpha value is -2.43. The predicted molar refractivity (Wildman–Crippen MR) is 96.1 cm³/mol. The molecule has 0 bridgehead atoms. The summed E-state index contributed by atoms with van der Waals surface area (Å²) in [5, 5.41) is 7.68. The Morgan fingerprint density at radius 1 is 1.19 bits per heavy atom. The van der Waals surface area contributed by atoms with Crippen LogP contribution >= 0.6 is 0 Å². The maximum Gasteiger partial charge on any atom is 0.328 e. The molecule has 1 aliphatic heterocycles. The Labute approximate surface area is 150 Å². The van der Waals surface area contributed by atoms with Crippen LogP contribution in [0.5, 0.6) is 0 Å². The SMILES string of the molecule is Cn1c(=O)n(C)c2cc(S(=O)(=O)NCc3cc4n(n3)CCNC4)ccc21. The number of benzene rings is 1. The van der Waals surface area contributed by atoms with E-state index in [-0.39, 0.29) is 17.1 Å². The first-order valence-electron chi connectivity index (χ1n) is 8.28. The van der Waals surface area contributed by atoms with Gasteiger partial charge in [0.2, 0.25) is 10.0 Å². The number of imidazole rings is 1. The number of aryl methyl sites for hydroxylation is 2. The Balaban J connectivity index is 1.60. The number of sulfonamides is 1. The van der Waals surface area contributed by atoms with Gasteiger partial charge in [-0.05, 0) is 24.3 Å².